The monoisotopic (exact) mass is 420 g/mol. The normalized spacial score (nSPS) is 15.4. The fraction of sp³-hybridized carbons (Fsp3) is 0.400. The molecule has 3 rings (SSSR count). The average Bonchev–Trinajstić information content (AvgIpc) is 3.22. The number of carbonyl (C=O) groups excluding carboxylic acids is 2. The molecule has 1 aromatic heterocycles. The molecule has 8 heteroatoms. The van der Waals surface area contributed by atoms with Crippen LogP contribution in [0.4, 0.5) is 0 Å². The zero-order valence-corrected chi connectivity index (χ0v) is 17.4. The molecule has 2 aromatic rings. The van der Waals surface area contributed by atoms with Gasteiger partial charge in [0.25, 0.3) is 5.91 Å². The first-order chi connectivity index (χ1) is 13.3. The maximum atomic E-state index is 12.4. The van der Waals surface area contributed by atoms with Gasteiger partial charge in [0.2, 0.25) is 5.91 Å². The lowest BCUT2D eigenvalue weighted by atomic mass is 10.0. The van der Waals surface area contributed by atoms with Gasteiger partial charge in [-0.2, -0.15) is 11.3 Å². The third-order valence-electron chi connectivity index (χ3n) is 4.93. The minimum atomic E-state index is -3.47. The van der Waals surface area contributed by atoms with Crippen molar-refractivity contribution in [3.05, 3.63) is 52.2 Å². The molecule has 28 heavy (non-hydrogen) atoms. The van der Waals surface area contributed by atoms with Crippen LogP contribution >= 0.6 is 11.3 Å². The number of amides is 2. The van der Waals surface area contributed by atoms with Crippen LogP contribution in [0.1, 0.15) is 35.2 Å². The van der Waals surface area contributed by atoms with Crippen molar-refractivity contribution < 1.29 is 18.0 Å². The van der Waals surface area contributed by atoms with Gasteiger partial charge < -0.3 is 10.2 Å². The van der Waals surface area contributed by atoms with Crippen molar-refractivity contribution in [2.45, 2.75) is 37.1 Å². The maximum Gasteiger partial charge on any atom is 0.252 e. The molecule has 2 amide bonds. The molecule has 0 bridgehead atoms. The lowest BCUT2D eigenvalue weighted by Gasteiger charge is -2.32. The van der Waals surface area contributed by atoms with E-state index in [0.717, 1.165) is 5.56 Å². The van der Waals surface area contributed by atoms with Crippen molar-refractivity contribution in [1.82, 2.24) is 10.2 Å². The van der Waals surface area contributed by atoms with Crippen molar-refractivity contribution in [2.75, 3.05) is 18.8 Å². The van der Waals surface area contributed by atoms with E-state index in [2.05, 4.69) is 5.32 Å². The van der Waals surface area contributed by atoms with Gasteiger partial charge in [0, 0.05) is 36.5 Å². The summed E-state index contributed by atoms with van der Waals surface area (Å²) >= 11 is 1.48. The molecule has 0 spiro atoms. The Kier molecular flexibility index (Phi) is 6.51. The van der Waals surface area contributed by atoms with Crippen molar-refractivity contribution in [3.63, 3.8) is 0 Å². The van der Waals surface area contributed by atoms with Gasteiger partial charge in [-0.3, -0.25) is 9.59 Å². The number of likely N-dealkylation sites (tertiary alicyclic amines) is 1. The van der Waals surface area contributed by atoms with E-state index in [4.69, 9.17) is 0 Å². The van der Waals surface area contributed by atoms with Crippen LogP contribution in [0.15, 0.2) is 46.0 Å². The Bertz CT molecular complexity index is 914. The van der Waals surface area contributed by atoms with Crippen LogP contribution in [0.25, 0.3) is 0 Å². The van der Waals surface area contributed by atoms with Crippen LogP contribution in [0, 0.1) is 6.92 Å². The second-order valence-electron chi connectivity index (χ2n) is 7.02. The van der Waals surface area contributed by atoms with Gasteiger partial charge in [0.15, 0.2) is 9.84 Å². The van der Waals surface area contributed by atoms with E-state index >= 15 is 0 Å². The summed E-state index contributed by atoms with van der Waals surface area (Å²) in [7, 11) is -3.47. The smallest absolute Gasteiger partial charge is 0.252 e. The number of thiophene rings is 1. The second-order valence-corrected chi connectivity index (χ2v) is 9.91. The Hall–Kier alpha value is -2.19. The predicted octanol–water partition coefficient (Wildman–Crippen LogP) is 2.64. The molecule has 1 fully saturated rings. The van der Waals surface area contributed by atoms with Crippen LogP contribution in [-0.4, -0.2) is 50.0 Å². The Labute approximate surface area is 169 Å². The molecule has 0 aliphatic carbocycles. The zero-order valence-electron chi connectivity index (χ0n) is 15.8. The summed E-state index contributed by atoms with van der Waals surface area (Å²) in [5.74, 6) is -0.433. The Balaban J connectivity index is 1.46. The first kappa shape index (κ1) is 20.5. The van der Waals surface area contributed by atoms with Crippen molar-refractivity contribution in [2.24, 2.45) is 0 Å². The Morgan fingerprint density at radius 1 is 1.14 bits per heavy atom. The molecule has 6 nitrogen and oxygen atoms in total. The van der Waals surface area contributed by atoms with Gasteiger partial charge in [-0.05, 0) is 43.3 Å². The molecular formula is C20H24N2O4S2. The standard InChI is InChI=1S/C20H24N2O4S2/c1-15-2-4-18(5-3-15)28(25,26)13-9-19(23)22-10-6-17(7-11-22)21-20(24)16-8-12-27-14-16/h2-5,8,12,14,17H,6-7,9-11,13H2,1H3,(H,21,24). The second kappa shape index (κ2) is 8.87. The predicted molar refractivity (Wildman–Crippen MR) is 109 cm³/mol. The number of sulfone groups is 1. The van der Waals surface area contributed by atoms with Crippen LogP contribution in [0.3, 0.4) is 0 Å². The lowest BCUT2D eigenvalue weighted by molar-refractivity contribution is -0.131. The Morgan fingerprint density at radius 3 is 2.43 bits per heavy atom. The highest BCUT2D eigenvalue weighted by atomic mass is 32.2. The molecule has 0 saturated carbocycles. The highest BCUT2D eigenvalue weighted by molar-refractivity contribution is 7.91. The summed E-state index contributed by atoms with van der Waals surface area (Å²) in [6.07, 6.45) is 1.32. The first-order valence-electron chi connectivity index (χ1n) is 9.25. The number of aryl methyl sites for hydroxylation is 1. The van der Waals surface area contributed by atoms with E-state index in [0.29, 0.717) is 31.5 Å². The largest absolute Gasteiger partial charge is 0.349 e. The third-order valence-corrected chi connectivity index (χ3v) is 7.35. The fourth-order valence-electron chi connectivity index (χ4n) is 3.18. The first-order valence-corrected chi connectivity index (χ1v) is 11.8. The van der Waals surface area contributed by atoms with Gasteiger partial charge in [0.1, 0.15) is 0 Å². The molecule has 1 N–H and O–H groups in total. The number of nitrogens with zero attached hydrogens (tertiary/aromatic N) is 1. The summed E-state index contributed by atoms with van der Waals surface area (Å²) in [5.41, 5.74) is 1.65. The molecule has 1 aliphatic rings. The van der Waals surface area contributed by atoms with Crippen molar-refractivity contribution in [3.8, 4) is 0 Å². The molecule has 150 valence electrons. The number of benzene rings is 1. The third kappa shape index (κ3) is 5.20. The molecule has 1 aliphatic heterocycles. The van der Waals surface area contributed by atoms with Crippen LogP contribution in [0.2, 0.25) is 0 Å². The molecule has 2 heterocycles. The average molecular weight is 421 g/mol. The molecule has 0 unspecified atom stereocenters. The molecule has 0 atom stereocenters. The van der Waals surface area contributed by atoms with Gasteiger partial charge in [-0.25, -0.2) is 8.42 Å². The van der Waals surface area contributed by atoms with E-state index in [1.165, 1.54) is 11.3 Å². The van der Waals surface area contributed by atoms with E-state index in [-0.39, 0.29) is 34.9 Å². The minimum Gasteiger partial charge on any atom is -0.349 e. The number of hydrogen-bond acceptors (Lipinski definition) is 5. The van der Waals surface area contributed by atoms with E-state index in [9.17, 15) is 18.0 Å². The number of rotatable bonds is 6. The van der Waals surface area contributed by atoms with Gasteiger partial charge >= 0.3 is 0 Å². The van der Waals surface area contributed by atoms with E-state index in [1.54, 1.807) is 35.2 Å². The SMILES string of the molecule is Cc1ccc(S(=O)(=O)CCC(=O)N2CCC(NC(=O)c3ccsc3)CC2)cc1. The van der Waals surface area contributed by atoms with Crippen LogP contribution in [0.5, 0.6) is 0 Å². The summed E-state index contributed by atoms with van der Waals surface area (Å²) in [5, 5.41) is 6.67. The number of nitrogens with one attached hydrogen (secondary N) is 1. The maximum absolute atomic E-state index is 12.4. The molecule has 0 radical (unpaired) electrons. The highest BCUT2D eigenvalue weighted by Gasteiger charge is 2.25. The van der Waals surface area contributed by atoms with Gasteiger partial charge in [-0.15, -0.1) is 0 Å². The summed E-state index contributed by atoms with van der Waals surface area (Å²) in [6.45, 7) is 2.95. The Morgan fingerprint density at radius 2 is 1.82 bits per heavy atom. The van der Waals surface area contributed by atoms with Gasteiger partial charge in [-0.1, -0.05) is 17.7 Å². The zero-order chi connectivity index (χ0) is 20.1. The van der Waals surface area contributed by atoms with Gasteiger partial charge in [0.05, 0.1) is 10.6 Å². The number of carbonyl (C=O) groups is 2. The summed E-state index contributed by atoms with van der Waals surface area (Å²) in [4.78, 5) is 26.5. The fourth-order valence-corrected chi connectivity index (χ4v) is 5.04. The van der Waals surface area contributed by atoms with Crippen molar-refractivity contribution >= 4 is 33.0 Å². The quantitative estimate of drug-likeness (QED) is 0.779. The van der Waals surface area contributed by atoms with Crippen LogP contribution in [-0.2, 0) is 14.6 Å². The lowest BCUT2D eigenvalue weighted by Crippen LogP contribution is -2.46. The summed E-state index contributed by atoms with van der Waals surface area (Å²) in [6, 6.07) is 8.49. The minimum absolute atomic E-state index is 0.0257. The number of hydrogen-bond donors (Lipinski definition) is 1. The molecule has 1 aromatic carbocycles. The molecule has 1 saturated heterocycles. The van der Waals surface area contributed by atoms with Crippen LogP contribution < -0.4 is 5.32 Å². The van der Waals surface area contributed by atoms with E-state index in [1.807, 2.05) is 17.7 Å². The molecular weight excluding hydrogens is 396 g/mol. The topological polar surface area (TPSA) is 83.6 Å². The van der Waals surface area contributed by atoms with Crippen molar-refractivity contribution in [1.29, 1.82) is 0 Å². The highest BCUT2D eigenvalue weighted by Crippen LogP contribution is 2.16. The number of piperidine rings is 1. The van der Waals surface area contributed by atoms with E-state index < -0.39 is 9.84 Å². The summed E-state index contributed by atoms with van der Waals surface area (Å²) < 4.78 is 24.8.